The monoisotopic (exact) mass is 342 g/mol. The number of urea groups is 1. The Balaban J connectivity index is 1.76. The fourth-order valence-electron chi connectivity index (χ4n) is 3.93. The molecule has 0 spiro atoms. The summed E-state index contributed by atoms with van der Waals surface area (Å²) in [6, 6.07) is 5.67. The van der Waals surface area contributed by atoms with Crippen molar-refractivity contribution >= 4 is 22.8 Å². The zero-order valence-electron chi connectivity index (χ0n) is 14.7. The molecule has 0 radical (unpaired) electrons. The van der Waals surface area contributed by atoms with E-state index >= 15 is 0 Å². The van der Waals surface area contributed by atoms with Gasteiger partial charge in [0, 0.05) is 36.1 Å². The highest BCUT2D eigenvalue weighted by molar-refractivity contribution is 6.07. The molecule has 25 heavy (non-hydrogen) atoms. The summed E-state index contributed by atoms with van der Waals surface area (Å²) in [5, 5.41) is 4.05. The predicted octanol–water partition coefficient (Wildman–Crippen LogP) is 1.47. The van der Waals surface area contributed by atoms with Crippen molar-refractivity contribution in [3.63, 3.8) is 0 Å². The van der Waals surface area contributed by atoms with Crippen molar-refractivity contribution in [2.45, 2.75) is 25.4 Å². The molecule has 3 amide bonds. The van der Waals surface area contributed by atoms with E-state index in [0.29, 0.717) is 26.1 Å². The number of imide groups is 1. The summed E-state index contributed by atoms with van der Waals surface area (Å²) in [4.78, 5) is 32.2. The molecule has 2 N–H and O–H groups in total. The summed E-state index contributed by atoms with van der Waals surface area (Å²) in [6.07, 6.45) is 0.510. The number of benzene rings is 1. The van der Waals surface area contributed by atoms with Gasteiger partial charge in [-0.05, 0) is 37.7 Å². The summed E-state index contributed by atoms with van der Waals surface area (Å²) >= 11 is 0. The topological polar surface area (TPSA) is 77.7 Å². The molecule has 1 aromatic carbocycles. The maximum atomic E-state index is 13.0. The molecule has 1 atom stereocenters. The minimum atomic E-state index is -0.823. The number of hydrogen-bond donors (Lipinski definition) is 2. The van der Waals surface area contributed by atoms with Crippen LogP contribution < -0.4 is 10.1 Å². The predicted molar refractivity (Wildman–Crippen MR) is 93.5 cm³/mol. The highest BCUT2D eigenvalue weighted by Gasteiger charge is 2.56. The summed E-state index contributed by atoms with van der Waals surface area (Å²) in [5.74, 6) is 0.669. The summed E-state index contributed by atoms with van der Waals surface area (Å²) in [6.45, 7) is 3.27. The Hall–Kier alpha value is -2.54. The molecule has 1 aromatic heterocycles. The van der Waals surface area contributed by atoms with Crippen LogP contribution in [0.1, 0.15) is 18.2 Å². The number of carbonyl (C=O) groups is 2. The number of ether oxygens (including phenoxy) is 1. The number of nitrogens with one attached hydrogen (secondary N) is 2. The van der Waals surface area contributed by atoms with Crippen LogP contribution in [0.25, 0.3) is 10.9 Å². The van der Waals surface area contributed by atoms with Crippen LogP contribution in [0.2, 0.25) is 0 Å². The maximum Gasteiger partial charge on any atom is 0.328 e. The number of methoxy groups -OCH3 is 1. The van der Waals surface area contributed by atoms with E-state index in [0.717, 1.165) is 27.9 Å². The van der Waals surface area contributed by atoms with Crippen LogP contribution in [0.5, 0.6) is 5.75 Å². The Labute approximate surface area is 145 Å². The summed E-state index contributed by atoms with van der Waals surface area (Å²) in [5.41, 5.74) is 2.28. The largest absolute Gasteiger partial charge is 0.497 e. The van der Waals surface area contributed by atoms with Crippen molar-refractivity contribution in [2.75, 3.05) is 27.2 Å². The Morgan fingerprint density at radius 3 is 2.88 bits per heavy atom. The van der Waals surface area contributed by atoms with E-state index in [9.17, 15) is 9.59 Å². The smallest absolute Gasteiger partial charge is 0.328 e. The molecular weight excluding hydrogens is 320 g/mol. The maximum absolute atomic E-state index is 13.0. The van der Waals surface area contributed by atoms with Gasteiger partial charge in [0.15, 0.2) is 0 Å². The second kappa shape index (κ2) is 5.49. The fourth-order valence-corrected chi connectivity index (χ4v) is 3.93. The molecule has 3 heterocycles. The third kappa shape index (κ3) is 2.15. The van der Waals surface area contributed by atoms with Gasteiger partial charge in [-0.2, -0.15) is 0 Å². The first-order chi connectivity index (χ1) is 12.0. The number of aromatic nitrogens is 1. The van der Waals surface area contributed by atoms with Crippen LogP contribution in [0.3, 0.4) is 0 Å². The highest BCUT2D eigenvalue weighted by atomic mass is 16.5. The molecule has 7 nitrogen and oxygen atoms in total. The van der Waals surface area contributed by atoms with Crippen molar-refractivity contribution in [3.05, 3.63) is 29.5 Å². The number of fused-ring (bicyclic) bond motifs is 4. The van der Waals surface area contributed by atoms with Crippen molar-refractivity contribution in [3.8, 4) is 5.75 Å². The SMILES string of the molecule is CNCCN1C(=O)N2Cc3[nH]c4ccc(OC)cc4c3C[C@@]2(C)C1=O. The minimum absolute atomic E-state index is 0.115. The standard InChI is InChI=1S/C18H22N4O3/c1-18-9-13-12-8-11(25-3)4-5-14(12)20-15(13)10-22(18)17(24)21(16(18)23)7-6-19-2/h4-5,8,19-20H,6-7,9-10H2,1-3H3/t18-/m0/s1. The third-order valence-corrected chi connectivity index (χ3v) is 5.39. The first kappa shape index (κ1) is 16.0. The molecule has 4 rings (SSSR count). The van der Waals surface area contributed by atoms with E-state index in [1.54, 1.807) is 12.0 Å². The molecule has 7 heteroatoms. The van der Waals surface area contributed by atoms with Crippen LogP contribution in [0.4, 0.5) is 4.79 Å². The van der Waals surface area contributed by atoms with Gasteiger partial charge in [0.1, 0.15) is 11.3 Å². The lowest BCUT2D eigenvalue weighted by Crippen LogP contribution is -2.51. The summed E-state index contributed by atoms with van der Waals surface area (Å²) < 4.78 is 5.33. The van der Waals surface area contributed by atoms with Gasteiger partial charge in [0.25, 0.3) is 5.91 Å². The highest BCUT2D eigenvalue weighted by Crippen LogP contribution is 2.41. The molecule has 0 bridgehead atoms. The van der Waals surface area contributed by atoms with E-state index in [-0.39, 0.29) is 11.9 Å². The van der Waals surface area contributed by atoms with Crippen LogP contribution in [0, 0.1) is 0 Å². The quantitative estimate of drug-likeness (QED) is 0.825. The van der Waals surface area contributed by atoms with Crippen LogP contribution >= 0.6 is 0 Å². The molecule has 0 saturated carbocycles. The molecule has 2 aliphatic heterocycles. The second-order valence-electron chi connectivity index (χ2n) is 6.87. The van der Waals surface area contributed by atoms with Gasteiger partial charge in [-0.25, -0.2) is 4.79 Å². The van der Waals surface area contributed by atoms with Gasteiger partial charge in [-0.3, -0.25) is 9.69 Å². The first-order valence-corrected chi connectivity index (χ1v) is 8.45. The molecule has 0 aliphatic carbocycles. The number of hydrogen-bond acceptors (Lipinski definition) is 4. The number of rotatable bonds is 4. The molecule has 1 fully saturated rings. The van der Waals surface area contributed by atoms with E-state index in [2.05, 4.69) is 10.3 Å². The average Bonchev–Trinajstić information content (AvgIpc) is 3.04. The lowest BCUT2D eigenvalue weighted by Gasteiger charge is -2.35. The molecule has 132 valence electrons. The average molecular weight is 342 g/mol. The van der Waals surface area contributed by atoms with E-state index in [1.807, 2.05) is 32.2 Å². The van der Waals surface area contributed by atoms with E-state index in [1.165, 1.54) is 4.90 Å². The Morgan fingerprint density at radius 2 is 2.16 bits per heavy atom. The molecule has 2 aliphatic rings. The molecular formula is C18H22N4O3. The van der Waals surface area contributed by atoms with Crippen molar-refractivity contribution in [1.82, 2.24) is 20.1 Å². The Morgan fingerprint density at radius 1 is 1.36 bits per heavy atom. The number of nitrogens with zero attached hydrogens (tertiary/aromatic N) is 2. The lowest BCUT2D eigenvalue weighted by atomic mass is 9.86. The number of H-pyrrole nitrogens is 1. The number of amides is 3. The molecule has 0 unspecified atom stereocenters. The fraction of sp³-hybridized carbons (Fsp3) is 0.444. The molecule has 1 saturated heterocycles. The Kier molecular flexibility index (Phi) is 3.50. The lowest BCUT2D eigenvalue weighted by molar-refractivity contribution is -0.132. The van der Waals surface area contributed by atoms with Gasteiger partial charge in [-0.15, -0.1) is 0 Å². The van der Waals surface area contributed by atoms with E-state index < -0.39 is 5.54 Å². The van der Waals surface area contributed by atoms with Crippen LogP contribution in [-0.4, -0.2) is 59.5 Å². The number of likely N-dealkylation sites (N-methyl/N-ethyl adjacent to an activating group) is 1. The van der Waals surface area contributed by atoms with Gasteiger partial charge in [0.2, 0.25) is 0 Å². The van der Waals surface area contributed by atoms with Crippen LogP contribution in [-0.2, 0) is 17.8 Å². The van der Waals surface area contributed by atoms with Gasteiger partial charge >= 0.3 is 6.03 Å². The van der Waals surface area contributed by atoms with Crippen molar-refractivity contribution in [2.24, 2.45) is 0 Å². The Bertz CT molecular complexity index is 875. The molecule has 2 aromatic rings. The van der Waals surface area contributed by atoms with Gasteiger partial charge in [-0.1, -0.05) is 0 Å². The normalized spacial score (nSPS) is 22.5. The van der Waals surface area contributed by atoms with Gasteiger partial charge < -0.3 is 19.9 Å². The number of aromatic amines is 1. The van der Waals surface area contributed by atoms with E-state index in [4.69, 9.17) is 4.74 Å². The van der Waals surface area contributed by atoms with Crippen molar-refractivity contribution in [1.29, 1.82) is 0 Å². The second-order valence-corrected chi connectivity index (χ2v) is 6.87. The van der Waals surface area contributed by atoms with Crippen LogP contribution in [0.15, 0.2) is 18.2 Å². The zero-order valence-corrected chi connectivity index (χ0v) is 14.7. The minimum Gasteiger partial charge on any atom is -0.497 e. The van der Waals surface area contributed by atoms with Crippen molar-refractivity contribution < 1.29 is 14.3 Å². The zero-order chi connectivity index (χ0) is 17.8. The summed E-state index contributed by atoms with van der Waals surface area (Å²) in [7, 11) is 3.45. The third-order valence-electron chi connectivity index (χ3n) is 5.39. The number of carbonyl (C=O) groups excluding carboxylic acids is 2. The van der Waals surface area contributed by atoms with Gasteiger partial charge in [0.05, 0.1) is 13.7 Å². The first-order valence-electron chi connectivity index (χ1n) is 8.45.